The maximum atomic E-state index is 6.19. The number of hydrogen-bond donors (Lipinski definition) is 0. The lowest BCUT2D eigenvalue weighted by atomic mass is 9.72. The van der Waals surface area contributed by atoms with Crippen molar-refractivity contribution < 1.29 is 9.31 Å². The Bertz CT molecular complexity index is 1550. The molecule has 1 saturated heterocycles. The second-order valence-corrected chi connectivity index (χ2v) is 14.1. The Morgan fingerprint density at radius 1 is 0.636 bits per heavy atom. The van der Waals surface area contributed by atoms with E-state index in [0.29, 0.717) is 0 Å². The molecular formula is C38H46BBrN2O2. The van der Waals surface area contributed by atoms with Crippen molar-refractivity contribution in [3.8, 4) is 11.1 Å². The van der Waals surface area contributed by atoms with Crippen LogP contribution in [0.15, 0.2) is 77.8 Å². The van der Waals surface area contributed by atoms with Crippen molar-refractivity contribution in [2.45, 2.75) is 104 Å². The van der Waals surface area contributed by atoms with E-state index >= 15 is 0 Å². The van der Waals surface area contributed by atoms with Crippen LogP contribution in [0.1, 0.15) is 86.8 Å². The molecule has 3 heterocycles. The average molecular weight is 654 g/mol. The molecule has 0 amide bonds. The fraction of sp³-hybridized carbons (Fsp3) is 0.421. The van der Waals surface area contributed by atoms with E-state index in [1.807, 2.05) is 25.4 Å². The van der Waals surface area contributed by atoms with E-state index in [-0.39, 0.29) is 18.3 Å². The zero-order valence-electron chi connectivity index (χ0n) is 27.3. The zero-order valence-corrected chi connectivity index (χ0v) is 28.8. The molecule has 2 aromatic carbocycles. The van der Waals surface area contributed by atoms with Crippen LogP contribution in [0.25, 0.3) is 11.1 Å². The van der Waals surface area contributed by atoms with Gasteiger partial charge >= 0.3 is 7.12 Å². The first kappa shape index (κ1) is 32.6. The van der Waals surface area contributed by atoms with E-state index in [9.17, 15) is 0 Å². The third kappa shape index (κ3) is 7.36. The molecule has 44 heavy (non-hydrogen) atoms. The number of halogens is 1. The lowest BCUT2D eigenvalue weighted by molar-refractivity contribution is 0.00578. The molecule has 3 aliphatic rings. The molecule has 230 valence electrons. The summed E-state index contributed by atoms with van der Waals surface area (Å²) in [4.78, 5) is 8.17. The van der Waals surface area contributed by atoms with E-state index in [0.717, 1.165) is 10.9 Å². The monoisotopic (exact) mass is 652 g/mol. The Labute approximate surface area is 273 Å². The number of hydrogen-bond acceptors (Lipinski definition) is 4. The Kier molecular flexibility index (Phi) is 10.4. The number of pyridine rings is 2. The van der Waals surface area contributed by atoms with Crippen LogP contribution in [0.5, 0.6) is 0 Å². The molecular weight excluding hydrogens is 607 g/mol. The van der Waals surface area contributed by atoms with Crippen LogP contribution in [0.3, 0.4) is 0 Å². The third-order valence-corrected chi connectivity index (χ3v) is 10.5. The summed E-state index contributed by atoms with van der Waals surface area (Å²) in [7, 11) is -0.210. The normalized spacial score (nSPS) is 17.8. The van der Waals surface area contributed by atoms with Crippen LogP contribution >= 0.6 is 15.9 Å². The second-order valence-electron chi connectivity index (χ2n) is 13.2. The number of aromatic nitrogens is 2. The summed E-state index contributed by atoms with van der Waals surface area (Å²) in [6.07, 6.45) is 17.5. The minimum atomic E-state index is -0.255. The van der Waals surface area contributed by atoms with Crippen molar-refractivity contribution >= 4 is 28.5 Å². The summed E-state index contributed by atoms with van der Waals surface area (Å²) in [5.74, 6) is 0. The zero-order chi connectivity index (χ0) is 31.3. The van der Waals surface area contributed by atoms with Gasteiger partial charge in [0.15, 0.2) is 0 Å². The molecule has 1 fully saturated rings. The van der Waals surface area contributed by atoms with Crippen LogP contribution in [0.2, 0.25) is 0 Å². The fourth-order valence-corrected chi connectivity index (χ4v) is 6.48. The second kappa shape index (κ2) is 14.1. The quantitative estimate of drug-likeness (QED) is 0.203. The molecule has 0 radical (unpaired) electrons. The Balaban J connectivity index is 0.000000141. The predicted molar refractivity (Wildman–Crippen MR) is 187 cm³/mol. The first-order valence-electron chi connectivity index (χ1n) is 16.1. The molecule has 1 aliphatic heterocycles. The molecule has 0 unspecified atom stereocenters. The maximum Gasteiger partial charge on any atom is 0.495 e. The van der Waals surface area contributed by atoms with Gasteiger partial charge in [-0.2, -0.15) is 0 Å². The highest BCUT2D eigenvalue weighted by atomic mass is 79.9. The Morgan fingerprint density at radius 2 is 1.18 bits per heavy atom. The average Bonchev–Trinajstić information content (AvgIpc) is 3.25. The van der Waals surface area contributed by atoms with Crippen molar-refractivity contribution in [3.63, 3.8) is 0 Å². The lowest BCUT2D eigenvalue weighted by Crippen LogP contribution is -2.41. The fourth-order valence-electron chi connectivity index (χ4n) is 6.23. The van der Waals surface area contributed by atoms with E-state index in [4.69, 9.17) is 9.31 Å². The Hall–Kier alpha value is -2.80. The van der Waals surface area contributed by atoms with Crippen LogP contribution in [0, 0.1) is 13.8 Å². The van der Waals surface area contributed by atoms with Gasteiger partial charge in [-0.3, -0.25) is 9.97 Å². The number of aryl methyl sites for hydroxylation is 4. The van der Waals surface area contributed by atoms with Gasteiger partial charge in [0.1, 0.15) is 0 Å². The molecule has 0 saturated carbocycles. The van der Waals surface area contributed by atoms with E-state index in [1.165, 1.54) is 89.4 Å². The number of rotatable bonds is 2. The van der Waals surface area contributed by atoms with Crippen molar-refractivity contribution in [2.24, 2.45) is 0 Å². The summed E-state index contributed by atoms with van der Waals surface area (Å²) < 4.78 is 13.5. The topological polar surface area (TPSA) is 44.2 Å². The van der Waals surface area contributed by atoms with Gasteiger partial charge in [0.2, 0.25) is 0 Å². The predicted octanol–water partition coefficient (Wildman–Crippen LogP) is 8.95. The molecule has 0 bridgehead atoms. The van der Waals surface area contributed by atoms with Gasteiger partial charge < -0.3 is 9.31 Å². The van der Waals surface area contributed by atoms with Crippen molar-refractivity contribution in [1.82, 2.24) is 9.97 Å². The molecule has 4 aromatic rings. The standard InChI is InChI=1S/C16H23BO2.C16H17N.C6H6BrN/c1-15(2)16(3,4)19-17(18-15)14-11-7-9-12-8-5-6-10-13(12)14;1-12-9-10-17-11-16(12)15-8-4-6-13-5-2-3-7-14(13)15;1-5-2-3-8-4-6(5)7/h7,9,11H,5-6,8,10H2,1-4H3;4,6,8-11H,2-3,5,7H2,1H3;2-4H,1H3. The molecule has 2 aromatic heterocycles. The van der Waals surface area contributed by atoms with Gasteiger partial charge in [-0.25, -0.2) is 0 Å². The maximum absolute atomic E-state index is 6.19. The SMILES string of the molecule is CC1(C)OB(c2cccc3c2CCCC3)OC1(C)C.Cc1ccncc1-c1cccc2c1CCCC2.Cc1ccncc1Br. The highest BCUT2D eigenvalue weighted by Crippen LogP contribution is 2.37. The Morgan fingerprint density at radius 3 is 1.77 bits per heavy atom. The van der Waals surface area contributed by atoms with Crippen molar-refractivity contribution in [1.29, 1.82) is 0 Å². The molecule has 7 rings (SSSR count). The largest absolute Gasteiger partial charge is 0.495 e. The first-order valence-corrected chi connectivity index (χ1v) is 16.9. The molecule has 0 N–H and O–H groups in total. The van der Waals surface area contributed by atoms with Crippen LogP contribution < -0.4 is 5.46 Å². The number of benzene rings is 2. The van der Waals surface area contributed by atoms with Gasteiger partial charge in [-0.05, 0) is 165 Å². The van der Waals surface area contributed by atoms with Gasteiger partial charge in [0, 0.05) is 34.8 Å². The molecule has 2 aliphatic carbocycles. The highest BCUT2D eigenvalue weighted by Gasteiger charge is 2.52. The van der Waals surface area contributed by atoms with Gasteiger partial charge in [0.25, 0.3) is 0 Å². The summed E-state index contributed by atoms with van der Waals surface area (Å²) in [6.45, 7) is 12.7. The number of nitrogens with zero attached hydrogens (tertiary/aromatic N) is 2. The summed E-state index contributed by atoms with van der Waals surface area (Å²) in [5, 5.41) is 0. The molecule has 6 heteroatoms. The van der Waals surface area contributed by atoms with Gasteiger partial charge in [0.05, 0.1) is 11.2 Å². The van der Waals surface area contributed by atoms with Gasteiger partial charge in [-0.15, -0.1) is 0 Å². The summed E-state index contributed by atoms with van der Waals surface area (Å²) >= 11 is 3.33. The molecule has 0 atom stereocenters. The minimum absolute atomic E-state index is 0.210. The minimum Gasteiger partial charge on any atom is -0.399 e. The van der Waals surface area contributed by atoms with Crippen molar-refractivity contribution in [3.05, 3.63) is 111 Å². The first-order chi connectivity index (χ1) is 21.1. The van der Waals surface area contributed by atoms with Crippen LogP contribution in [-0.4, -0.2) is 28.3 Å². The van der Waals surface area contributed by atoms with Gasteiger partial charge in [-0.1, -0.05) is 36.4 Å². The van der Waals surface area contributed by atoms with Crippen LogP contribution in [-0.2, 0) is 35.0 Å². The van der Waals surface area contributed by atoms with E-state index in [1.54, 1.807) is 18.0 Å². The third-order valence-electron chi connectivity index (χ3n) is 9.64. The van der Waals surface area contributed by atoms with Crippen molar-refractivity contribution in [2.75, 3.05) is 0 Å². The lowest BCUT2D eigenvalue weighted by Gasteiger charge is -2.32. The summed E-state index contributed by atoms with van der Waals surface area (Å²) in [5.41, 5.74) is 12.0. The smallest absolute Gasteiger partial charge is 0.399 e. The highest BCUT2D eigenvalue weighted by molar-refractivity contribution is 9.10. The molecule has 0 spiro atoms. The summed E-state index contributed by atoms with van der Waals surface area (Å²) in [6, 6.07) is 17.3. The van der Waals surface area contributed by atoms with E-state index in [2.05, 4.69) is 103 Å². The molecule has 4 nitrogen and oxygen atoms in total. The number of fused-ring (bicyclic) bond motifs is 2. The van der Waals surface area contributed by atoms with Crippen LogP contribution in [0.4, 0.5) is 0 Å². The van der Waals surface area contributed by atoms with E-state index < -0.39 is 0 Å².